The lowest BCUT2D eigenvalue weighted by Crippen LogP contribution is -2.02. The minimum absolute atomic E-state index is 0.204. The van der Waals surface area contributed by atoms with Crippen LogP contribution in [-0.2, 0) is 0 Å². The lowest BCUT2D eigenvalue weighted by Gasteiger charge is -2.08. The fourth-order valence-corrected chi connectivity index (χ4v) is 2.02. The Kier molecular flexibility index (Phi) is 2.29. The van der Waals surface area contributed by atoms with E-state index in [1.165, 1.54) is 5.39 Å². The molecule has 1 N–H and O–H groups in total. The predicted molar refractivity (Wildman–Crippen MR) is 63.6 cm³/mol. The lowest BCUT2D eigenvalue weighted by molar-refractivity contribution is 0.226. The van der Waals surface area contributed by atoms with E-state index in [1.54, 1.807) is 0 Å². The van der Waals surface area contributed by atoms with E-state index >= 15 is 0 Å². The van der Waals surface area contributed by atoms with Crippen LogP contribution in [0.1, 0.15) is 6.42 Å². The van der Waals surface area contributed by atoms with Gasteiger partial charge in [-0.2, -0.15) is 0 Å². The Morgan fingerprint density at radius 3 is 2.75 bits per heavy atom. The highest BCUT2D eigenvalue weighted by Gasteiger charge is 2.38. The molecule has 82 valence electrons. The van der Waals surface area contributed by atoms with Crippen molar-refractivity contribution < 1.29 is 9.84 Å². The monoisotopic (exact) mass is 214 g/mol. The molecule has 0 radical (unpaired) electrons. The van der Waals surface area contributed by atoms with Gasteiger partial charge in [0.2, 0.25) is 0 Å². The number of fused-ring (bicyclic) bond motifs is 1. The van der Waals surface area contributed by atoms with Gasteiger partial charge in [-0.05, 0) is 17.9 Å². The van der Waals surface area contributed by atoms with Gasteiger partial charge in [-0.15, -0.1) is 0 Å². The van der Waals surface area contributed by atoms with Crippen molar-refractivity contribution in [1.29, 1.82) is 0 Å². The molecule has 0 unspecified atom stereocenters. The normalized spacial score (nSPS) is 23.3. The summed E-state index contributed by atoms with van der Waals surface area (Å²) in [6.45, 7) is 0.232. The maximum atomic E-state index is 8.99. The van der Waals surface area contributed by atoms with Crippen molar-refractivity contribution in [1.82, 2.24) is 0 Å². The maximum absolute atomic E-state index is 8.99. The van der Waals surface area contributed by atoms with Gasteiger partial charge in [-0.3, -0.25) is 0 Å². The second-order valence-corrected chi connectivity index (χ2v) is 4.31. The topological polar surface area (TPSA) is 29.5 Å². The molecule has 1 aliphatic rings. The summed E-state index contributed by atoms with van der Waals surface area (Å²) >= 11 is 0. The Morgan fingerprint density at radius 1 is 1.12 bits per heavy atom. The number of rotatable bonds is 3. The Hall–Kier alpha value is -1.54. The zero-order chi connectivity index (χ0) is 11.0. The van der Waals surface area contributed by atoms with Crippen LogP contribution in [-0.4, -0.2) is 17.8 Å². The number of aliphatic hydroxyl groups is 1. The minimum atomic E-state index is 0.204. The summed E-state index contributed by atoms with van der Waals surface area (Å²) in [6, 6.07) is 14.3. The quantitative estimate of drug-likeness (QED) is 0.851. The molecule has 0 aliphatic heterocycles. The van der Waals surface area contributed by atoms with Crippen molar-refractivity contribution in [3.63, 3.8) is 0 Å². The van der Waals surface area contributed by atoms with E-state index in [1.807, 2.05) is 24.3 Å². The average molecular weight is 214 g/mol. The zero-order valence-corrected chi connectivity index (χ0v) is 8.97. The van der Waals surface area contributed by atoms with Gasteiger partial charge in [0.25, 0.3) is 0 Å². The van der Waals surface area contributed by atoms with Crippen LogP contribution in [0.3, 0.4) is 0 Å². The van der Waals surface area contributed by atoms with Crippen molar-refractivity contribution >= 4 is 10.8 Å². The molecule has 2 aromatic rings. The van der Waals surface area contributed by atoms with Crippen molar-refractivity contribution in [2.75, 3.05) is 6.61 Å². The third-order valence-corrected chi connectivity index (χ3v) is 3.12. The van der Waals surface area contributed by atoms with Crippen molar-refractivity contribution in [2.45, 2.75) is 12.5 Å². The van der Waals surface area contributed by atoms with Crippen LogP contribution in [0.25, 0.3) is 10.8 Å². The van der Waals surface area contributed by atoms with Crippen LogP contribution < -0.4 is 4.74 Å². The van der Waals surface area contributed by atoms with E-state index in [0.29, 0.717) is 5.92 Å². The van der Waals surface area contributed by atoms with E-state index in [4.69, 9.17) is 9.84 Å². The molecule has 1 saturated carbocycles. The molecular formula is C14H14O2. The van der Waals surface area contributed by atoms with Crippen LogP contribution in [0.2, 0.25) is 0 Å². The highest BCUT2D eigenvalue weighted by atomic mass is 16.5. The maximum Gasteiger partial charge on any atom is 0.127 e. The number of hydrogen-bond donors (Lipinski definition) is 1. The molecule has 2 heteroatoms. The van der Waals surface area contributed by atoms with Crippen molar-refractivity contribution in [3.8, 4) is 5.75 Å². The Labute approximate surface area is 94.5 Å². The molecular weight excluding hydrogens is 200 g/mol. The van der Waals surface area contributed by atoms with Crippen LogP contribution in [0.5, 0.6) is 5.75 Å². The third-order valence-electron chi connectivity index (χ3n) is 3.12. The van der Waals surface area contributed by atoms with E-state index in [9.17, 15) is 0 Å². The molecule has 0 saturated heterocycles. The second-order valence-electron chi connectivity index (χ2n) is 4.31. The summed E-state index contributed by atoms with van der Waals surface area (Å²) in [5, 5.41) is 11.3. The molecule has 3 rings (SSSR count). The fraction of sp³-hybridized carbons (Fsp3) is 0.286. The number of hydrogen-bond acceptors (Lipinski definition) is 2. The lowest BCUT2D eigenvalue weighted by atomic mass is 10.1. The first-order valence-electron chi connectivity index (χ1n) is 5.64. The molecule has 0 amide bonds. The first-order valence-corrected chi connectivity index (χ1v) is 5.64. The van der Waals surface area contributed by atoms with Gasteiger partial charge in [-0.1, -0.05) is 36.4 Å². The van der Waals surface area contributed by atoms with Gasteiger partial charge in [0.15, 0.2) is 0 Å². The number of aliphatic hydroxyl groups excluding tert-OH is 1. The second kappa shape index (κ2) is 3.80. The van der Waals surface area contributed by atoms with Crippen molar-refractivity contribution in [3.05, 3.63) is 42.5 Å². The zero-order valence-electron chi connectivity index (χ0n) is 8.97. The summed E-state index contributed by atoms with van der Waals surface area (Å²) in [4.78, 5) is 0. The summed E-state index contributed by atoms with van der Waals surface area (Å²) in [6.07, 6.45) is 1.18. The minimum Gasteiger partial charge on any atom is -0.489 e. The van der Waals surface area contributed by atoms with E-state index < -0.39 is 0 Å². The van der Waals surface area contributed by atoms with E-state index in [-0.39, 0.29) is 12.7 Å². The molecule has 1 aliphatic carbocycles. The van der Waals surface area contributed by atoms with Gasteiger partial charge in [0, 0.05) is 17.9 Å². The fourth-order valence-electron chi connectivity index (χ4n) is 2.02. The molecule has 2 nitrogen and oxygen atoms in total. The molecule has 0 bridgehead atoms. The van der Waals surface area contributed by atoms with Crippen molar-refractivity contribution in [2.24, 2.45) is 5.92 Å². The summed E-state index contributed by atoms with van der Waals surface area (Å²) < 4.78 is 5.88. The predicted octanol–water partition coefficient (Wildman–Crippen LogP) is 2.60. The Bertz CT molecular complexity index is 502. The van der Waals surface area contributed by atoms with Crippen LogP contribution in [0, 0.1) is 5.92 Å². The summed E-state index contributed by atoms with van der Waals surface area (Å²) in [5.74, 6) is 1.26. The van der Waals surface area contributed by atoms with Gasteiger partial charge in [0.05, 0.1) is 0 Å². The van der Waals surface area contributed by atoms with E-state index in [2.05, 4.69) is 18.2 Å². The summed E-state index contributed by atoms with van der Waals surface area (Å²) in [5.41, 5.74) is 0. The first kappa shape index (κ1) is 9.67. The third kappa shape index (κ3) is 1.65. The van der Waals surface area contributed by atoms with Crippen LogP contribution >= 0.6 is 0 Å². The van der Waals surface area contributed by atoms with Crippen LogP contribution in [0.15, 0.2) is 42.5 Å². The molecule has 16 heavy (non-hydrogen) atoms. The van der Waals surface area contributed by atoms with Crippen LogP contribution in [0.4, 0.5) is 0 Å². The van der Waals surface area contributed by atoms with Gasteiger partial charge >= 0.3 is 0 Å². The largest absolute Gasteiger partial charge is 0.489 e. The first-order chi connectivity index (χ1) is 7.88. The average Bonchev–Trinajstić information content (AvgIpc) is 3.08. The van der Waals surface area contributed by atoms with Gasteiger partial charge in [0.1, 0.15) is 11.9 Å². The Morgan fingerprint density at radius 2 is 1.94 bits per heavy atom. The standard InChI is InChI=1S/C14H14O2/c15-9-11-8-14(11)16-13-7-3-5-10-4-1-2-6-12(10)13/h1-7,11,14-15H,8-9H2/t11-,14-/m0/s1. The molecule has 1 fully saturated rings. The highest BCUT2D eigenvalue weighted by molar-refractivity contribution is 5.88. The number of ether oxygens (including phenoxy) is 1. The smallest absolute Gasteiger partial charge is 0.127 e. The molecule has 0 aromatic heterocycles. The van der Waals surface area contributed by atoms with E-state index in [0.717, 1.165) is 17.6 Å². The summed E-state index contributed by atoms with van der Waals surface area (Å²) in [7, 11) is 0. The molecule has 2 atom stereocenters. The molecule has 0 heterocycles. The van der Waals surface area contributed by atoms with Gasteiger partial charge < -0.3 is 9.84 Å². The molecule has 2 aromatic carbocycles. The van der Waals surface area contributed by atoms with Gasteiger partial charge in [-0.25, -0.2) is 0 Å². The number of benzene rings is 2. The SMILES string of the molecule is OC[C@@H]1C[C@@H]1Oc1cccc2ccccc12. The highest BCUT2D eigenvalue weighted by Crippen LogP contribution is 2.36. The molecule has 0 spiro atoms. The Balaban J connectivity index is 1.92.